The van der Waals surface area contributed by atoms with Gasteiger partial charge in [-0.25, -0.2) is 0 Å². The second-order valence-corrected chi connectivity index (χ2v) is 5.26. The van der Waals surface area contributed by atoms with Crippen molar-refractivity contribution in [1.82, 2.24) is 15.2 Å². The molecule has 3 rings (SSSR count). The first-order chi connectivity index (χ1) is 10.2. The van der Waals surface area contributed by atoms with Crippen molar-refractivity contribution in [3.63, 3.8) is 0 Å². The Kier molecular flexibility index (Phi) is 3.83. The second kappa shape index (κ2) is 5.92. The lowest BCUT2D eigenvalue weighted by atomic mass is 10.2. The SMILES string of the molecule is O=c1[nH]c(Nc2cccc(Br)c2)nnc1Cc1ccco1. The van der Waals surface area contributed by atoms with Gasteiger partial charge in [0.25, 0.3) is 5.56 Å². The first-order valence-corrected chi connectivity index (χ1v) is 7.01. The minimum absolute atomic E-state index is 0.293. The van der Waals surface area contributed by atoms with Gasteiger partial charge in [-0.05, 0) is 30.3 Å². The predicted molar refractivity (Wildman–Crippen MR) is 81.6 cm³/mol. The van der Waals surface area contributed by atoms with Gasteiger partial charge in [-0.1, -0.05) is 22.0 Å². The summed E-state index contributed by atoms with van der Waals surface area (Å²) >= 11 is 3.38. The molecule has 0 aliphatic rings. The predicted octanol–water partition coefficient (Wildman–Crippen LogP) is 2.85. The summed E-state index contributed by atoms with van der Waals surface area (Å²) in [5, 5.41) is 10.9. The molecule has 2 N–H and O–H groups in total. The molecule has 1 aromatic carbocycles. The maximum atomic E-state index is 12.0. The molecular formula is C14H11BrN4O2. The third-order valence-electron chi connectivity index (χ3n) is 2.77. The molecule has 0 amide bonds. The molecule has 0 atom stereocenters. The van der Waals surface area contributed by atoms with Crippen molar-refractivity contribution in [3.8, 4) is 0 Å². The van der Waals surface area contributed by atoms with Crippen molar-refractivity contribution in [2.45, 2.75) is 6.42 Å². The molecule has 0 saturated heterocycles. The Hall–Kier alpha value is -2.41. The number of aromatic amines is 1. The maximum Gasteiger partial charge on any atom is 0.274 e. The summed E-state index contributed by atoms with van der Waals surface area (Å²) in [5.74, 6) is 0.962. The Bertz CT molecular complexity index is 799. The number of aromatic nitrogens is 3. The van der Waals surface area contributed by atoms with E-state index in [-0.39, 0.29) is 5.56 Å². The topological polar surface area (TPSA) is 83.8 Å². The normalized spacial score (nSPS) is 10.5. The number of benzene rings is 1. The van der Waals surface area contributed by atoms with E-state index < -0.39 is 0 Å². The zero-order chi connectivity index (χ0) is 14.7. The van der Waals surface area contributed by atoms with Crippen molar-refractivity contribution < 1.29 is 4.42 Å². The van der Waals surface area contributed by atoms with E-state index in [4.69, 9.17) is 4.42 Å². The first kappa shape index (κ1) is 13.6. The van der Waals surface area contributed by atoms with E-state index in [1.165, 1.54) is 0 Å². The first-order valence-electron chi connectivity index (χ1n) is 6.21. The minimum Gasteiger partial charge on any atom is -0.469 e. The van der Waals surface area contributed by atoms with Gasteiger partial charge in [0, 0.05) is 10.2 Å². The Labute approximate surface area is 128 Å². The Balaban J connectivity index is 1.79. The Morgan fingerprint density at radius 1 is 1.24 bits per heavy atom. The van der Waals surface area contributed by atoms with Gasteiger partial charge < -0.3 is 9.73 Å². The van der Waals surface area contributed by atoms with Crippen LogP contribution in [0.2, 0.25) is 0 Å². The van der Waals surface area contributed by atoms with Crippen molar-refractivity contribution in [3.05, 3.63) is 68.9 Å². The van der Waals surface area contributed by atoms with Crippen LogP contribution in [0.5, 0.6) is 0 Å². The van der Waals surface area contributed by atoms with E-state index >= 15 is 0 Å². The third-order valence-corrected chi connectivity index (χ3v) is 3.27. The van der Waals surface area contributed by atoms with Crippen LogP contribution in [-0.4, -0.2) is 15.2 Å². The quantitative estimate of drug-likeness (QED) is 0.758. The van der Waals surface area contributed by atoms with Gasteiger partial charge in [0.05, 0.1) is 12.7 Å². The van der Waals surface area contributed by atoms with Crippen LogP contribution in [0.15, 0.2) is 56.3 Å². The van der Waals surface area contributed by atoms with Gasteiger partial charge in [0.1, 0.15) is 11.5 Å². The molecule has 2 heterocycles. The minimum atomic E-state index is -0.293. The molecule has 2 aromatic heterocycles. The van der Waals surface area contributed by atoms with Crippen molar-refractivity contribution in [2.75, 3.05) is 5.32 Å². The summed E-state index contributed by atoms with van der Waals surface area (Å²) in [6, 6.07) is 11.1. The largest absolute Gasteiger partial charge is 0.469 e. The third kappa shape index (κ3) is 3.38. The number of furan rings is 1. The highest BCUT2D eigenvalue weighted by atomic mass is 79.9. The lowest BCUT2D eigenvalue weighted by Gasteiger charge is -2.05. The summed E-state index contributed by atoms with van der Waals surface area (Å²) in [5.41, 5.74) is 0.816. The highest BCUT2D eigenvalue weighted by molar-refractivity contribution is 9.10. The monoisotopic (exact) mass is 346 g/mol. The molecular weight excluding hydrogens is 336 g/mol. The van der Waals surface area contributed by atoms with Gasteiger partial charge >= 0.3 is 0 Å². The summed E-state index contributed by atoms with van der Waals surface area (Å²) < 4.78 is 6.12. The molecule has 21 heavy (non-hydrogen) atoms. The molecule has 3 aromatic rings. The summed E-state index contributed by atoms with van der Waals surface area (Å²) in [7, 11) is 0. The molecule has 7 heteroatoms. The maximum absolute atomic E-state index is 12.0. The van der Waals surface area contributed by atoms with E-state index in [0.29, 0.717) is 23.8 Å². The highest BCUT2D eigenvalue weighted by Crippen LogP contribution is 2.17. The molecule has 106 valence electrons. The lowest BCUT2D eigenvalue weighted by molar-refractivity contribution is 0.517. The van der Waals surface area contributed by atoms with E-state index in [2.05, 4.69) is 36.4 Å². The van der Waals surface area contributed by atoms with Crippen LogP contribution in [0, 0.1) is 0 Å². The molecule has 0 unspecified atom stereocenters. The number of rotatable bonds is 4. The van der Waals surface area contributed by atoms with Crippen LogP contribution in [0.1, 0.15) is 11.5 Å². The van der Waals surface area contributed by atoms with E-state index in [1.54, 1.807) is 18.4 Å². The van der Waals surface area contributed by atoms with E-state index in [0.717, 1.165) is 10.2 Å². The van der Waals surface area contributed by atoms with Gasteiger partial charge in [-0.3, -0.25) is 9.78 Å². The number of hydrogen-bond donors (Lipinski definition) is 2. The molecule has 0 bridgehead atoms. The van der Waals surface area contributed by atoms with Gasteiger partial charge in [0.2, 0.25) is 5.95 Å². The molecule has 0 fully saturated rings. The second-order valence-electron chi connectivity index (χ2n) is 4.34. The summed E-state index contributed by atoms with van der Waals surface area (Å²) in [6.45, 7) is 0. The van der Waals surface area contributed by atoms with Gasteiger partial charge in [-0.2, -0.15) is 0 Å². The fourth-order valence-electron chi connectivity index (χ4n) is 1.81. The zero-order valence-corrected chi connectivity index (χ0v) is 12.4. The van der Waals surface area contributed by atoms with Crippen LogP contribution < -0.4 is 10.9 Å². The number of anilines is 2. The Morgan fingerprint density at radius 2 is 2.14 bits per heavy atom. The van der Waals surface area contributed by atoms with Crippen molar-refractivity contribution in [2.24, 2.45) is 0 Å². The van der Waals surface area contributed by atoms with E-state index in [1.807, 2.05) is 24.3 Å². The van der Waals surface area contributed by atoms with Crippen LogP contribution in [0.25, 0.3) is 0 Å². The summed E-state index contributed by atoms with van der Waals surface area (Å²) in [6.07, 6.45) is 1.87. The van der Waals surface area contributed by atoms with Crippen molar-refractivity contribution >= 4 is 27.6 Å². The van der Waals surface area contributed by atoms with Crippen LogP contribution in [-0.2, 0) is 6.42 Å². The molecule has 0 spiro atoms. The van der Waals surface area contributed by atoms with Gasteiger partial charge in [0.15, 0.2) is 0 Å². The number of hydrogen-bond acceptors (Lipinski definition) is 5. The van der Waals surface area contributed by atoms with Crippen molar-refractivity contribution in [1.29, 1.82) is 0 Å². The zero-order valence-electron chi connectivity index (χ0n) is 10.8. The fraction of sp³-hybridized carbons (Fsp3) is 0.0714. The summed E-state index contributed by atoms with van der Waals surface area (Å²) in [4.78, 5) is 14.6. The number of halogens is 1. The average molecular weight is 347 g/mol. The fourth-order valence-corrected chi connectivity index (χ4v) is 2.21. The number of nitrogens with one attached hydrogen (secondary N) is 2. The van der Waals surface area contributed by atoms with Crippen LogP contribution in [0.4, 0.5) is 11.6 Å². The molecule has 6 nitrogen and oxygen atoms in total. The molecule has 0 aliphatic carbocycles. The molecule has 0 saturated carbocycles. The number of H-pyrrole nitrogens is 1. The lowest BCUT2D eigenvalue weighted by Crippen LogP contribution is -2.18. The van der Waals surface area contributed by atoms with E-state index in [9.17, 15) is 4.79 Å². The average Bonchev–Trinajstić information content (AvgIpc) is 2.95. The molecule has 0 aliphatic heterocycles. The van der Waals surface area contributed by atoms with Crippen LogP contribution >= 0.6 is 15.9 Å². The number of nitrogens with zero attached hydrogens (tertiary/aromatic N) is 2. The standard InChI is InChI=1S/C14H11BrN4O2/c15-9-3-1-4-10(7-9)16-14-17-13(20)12(18-19-14)8-11-5-2-6-21-11/h1-7H,8H2,(H2,16,17,19,20). The van der Waals surface area contributed by atoms with Crippen LogP contribution in [0.3, 0.4) is 0 Å². The smallest absolute Gasteiger partial charge is 0.274 e. The highest BCUT2D eigenvalue weighted by Gasteiger charge is 2.08. The van der Waals surface area contributed by atoms with Gasteiger partial charge in [-0.15, -0.1) is 10.2 Å². The molecule has 0 radical (unpaired) electrons. The Morgan fingerprint density at radius 3 is 2.86 bits per heavy atom.